The number of hydrogen-bond acceptors (Lipinski definition) is 6. The Morgan fingerprint density at radius 1 is 1.26 bits per heavy atom. The fourth-order valence-corrected chi connectivity index (χ4v) is 2.39. The molecule has 1 amide bonds. The maximum absolute atomic E-state index is 13.2. The number of carbonyl (C=O) groups excluding carboxylic acids is 2. The molecule has 1 unspecified atom stereocenters. The number of halogens is 2. The van der Waals surface area contributed by atoms with E-state index < -0.39 is 23.8 Å². The van der Waals surface area contributed by atoms with Crippen molar-refractivity contribution in [2.24, 2.45) is 0 Å². The van der Waals surface area contributed by atoms with Crippen molar-refractivity contribution in [2.75, 3.05) is 5.32 Å². The Labute approximate surface area is 157 Å². The van der Waals surface area contributed by atoms with Crippen molar-refractivity contribution in [3.63, 3.8) is 0 Å². The highest BCUT2D eigenvalue weighted by Gasteiger charge is 2.22. The van der Waals surface area contributed by atoms with Gasteiger partial charge in [0.2, 0.25) is 0 Å². The van der Waals surface area contributed by atoms with Crippen molar-refractivity contribution < 1.29 is 18.7 Å². The molecule has 0 bridgehead atoms. The van der Waals surface area contributed by atoms with E-state index in [4.69, 9.17) is 16.3 Å². The van der Waals surface area contributed by atoms with Gasteiger partial charge in [0.05, 0.1) is 16.3 Å². The van der Waals surface area contributed by atoms with Gasteiger partial charge in [-0.25, -0.2) is 9.18 Å². The van der Waals surface area contributed by atoms with Crippen LogP contribution >= 0.6 is 11.6 Å². The van der Waals surface area contributed by atoms with Gasteiger partial charge in [-0.3, -0.25) is 4.79 Å². The summed E-state index contributed by atoms with van der Waals surface area (Å²) >= 11 is 5.68. The molecule has 3 aromatic rings. The molecule has 10 heteroatoms. The maximum Gasteiger partial charge on any atom is 0.341 e. The molecule has 0 fully saturated rings. The van der Waals surface area contributed by atoms with Crippen molar-refractivity contribution in [3.05, 3.63) is 65.2 Å². The van der Waals surface area contributed by atoms with Crippen LogP contribution in [0.5, 0.6) is 0 Å². The molecule has 1 N–H and O–H groups in total. The van der Waals surface area contributed by atoms with E-state index >= 15 is 0 Å². The van der Waals surface area contributed by atoms with Crippen molar-refractivity contribution in [1.29, 1.82) is 0 Å². The van der Waals surface area contributed by atoms with Gasteiger partial charge >= 0.3 is 5.97 Å². The SMILES string of the molecule is CC(OC(=O)c1ccccc1-n1cnnn1)C(=O)Nc1ccc(F)c(Cl)c1. The van der Waals surface area contributed by atoms with E-state index in [-0.39, 0.29) is 16.3 Å². The van der Waals surface area contributed by atoms with E-state index in [1.165, 1.54) is 36.1 Å². The van der Waals surface area contributed by atoms with Crippen LogP contribution < -0.4 is 5.32 Å². The Balaban J connectivity index is 1.70. The van der Waals surface area contributed by atoms with Gasteiger partial charge in [-0.15, -0.1) is 5.10 Å². The van der Waals surface area contributed by atoms with Crippen LogP contribution in [0.15, 0.2) is 48.8 Å². The summed E-state index contributed by atoms with van der Waals surface area (Å²) in [5.74, 6) is -1.92. The Bertz CT molecular complexity index is 980. The summed E-state index contributed by atoms with van der Waals surface area (Å²) in [6.07, 6.45) is 0.226. The fraction of sp³-hybridized carbons (Fsp3) is 0.118. The Morgan fingerprint density at radius 3 is 2.74 bits per heavy atom. The summed E-state index contributed by atoms with van der Waals surface area (Å²) < 4.78 is 19.7. The summed E-state index contributed by atoms with van der Waals surface area (Å²) in [6, 6.07) is 10.3. The predicted octanol–water partition coefficient (Wildman–Crippen LogP) is 2.64. The zero-order valence-corrected chi connectivity index (χ0v) is 14.7. The quantitative estimate of drug-likeness (QED) is 0.673. The second-order valence-corrected chi connectivity index (χ2v) is 5.84. The van der Waals surface area contributed by atoms with Crippen LogP contribution in [0, 0.1) is 5.82 Å². The van der Waals surface area contributed by atoms with Crippen LogP contribution in [0.1, 0.15) is 17.3 Å². The number of amides is 1. The Hall–Kier alpha value is -3.33. The standard InChI is InChI=1S/C17H13ClFN5O3/c1-10(16(25)21-11-6-7-14(19)13(18)8-11)27-17(26)12-4-2-3-5-15(12)24-9-20-22-23-24/h2-10H,1H3,(H,21,25). The second-order valence-electron chi connectivity index (χ2n) is 5.44. The highest BCUT2D eigenvalue weighted by molar-refractivity contribution is 6.31. The van der Waals surface area contributed by atoms with Gasteiger partial charge in [-0.2, -0.15) is 4.68 Å². The number of ether oxygens (including phenoxy) is 1. The monoisotopic (exact) mass is 389 g/mol. The van der Waals surface area contributed by atoms with E-state index in [0.717, 1.165) is 6.07 Å². The molecule has 0 radical (unpaired) electrons. The molecule has 3 rings (SSSR count). The first-order valence-electron chi connectivity index (χ1n) is 7.75. The van der Waals surface area contributed by atoms with Crippen molar-refractivity contribution in [3.8, 4) is 5.69 Å². The van der Waals surface area contributed by atoms with E-state index in [1.54, 1.807) is 18.2 Å². The predicted molar refractivity (Wildman–Crippen MR) is 94.1 cm³/mol. The zero-order chi connectivity index (χ0) is 19.4. The number of anilines is 1. The molecule has 0 aliphatic carbocycles. The lowest BCUT2D eigenvalue weighted by molar-refractivity contribution is -0.123. The van der Waals surface area contributed by atoms with Gasteiger partial charge in [0.1, 0.15) is 12.1 Å². The molecule has 0 saturated heterocycles. The smallest absolute Gasteiger partial charge is 0.341 e. The van der Waals surface area contributed by atoms with Crippen LogP contribution in [-0.4, -0.2) is 38.2 Å². The third-order valence-corrected chi connectivity index (χ3v) is 3.85. The van der Waals surface area contributed by atoms with E-state index in [1.807, 2.05) is 0 Å². The first-order chi connectivity index (χ1) is 13.0. The number of aromatic nitrogens is 4. The number of nitrogens with zero attached hydrogens (tertiary/aromatic N) is 4. The first kappa shape index (κ1) is 18.5. The highest BCUT2D eigenvalue weighted by Crippen LogP contribution is 2.20. The molecule has 0 spiro atoms. The minimum atomic E-state index is -1.11. The summed E-state index contributed by atoms with van der Waals surface area (Å²) in [6.45, 7) is 1.41. The molecule has 27 heavy (non-hydrogen) atoms. The third kappa shape index (κ3) is 4.26. The highest BCUT2D eigenvalue weighted by atomic mass is 35.5. The zero-order valence-electron chi connectivity index (χ0n) is 14.0. The van der Waals surface area contributed by atoms with E-state index in [2.05, 4.69) is 20.8 Å². The van der Waals surface area contributed by atoms with E-state index in [9.17, 15) is 14.0 Å². The van der Waals surface area contributed by atoms with Crippen LogP contribution in [0.2, 0.25) is 5.02 Å². The molecule has 2 aromatic carbocycles. The normalized spacial score (nSPS) is 11.7. The van der Waals surface area contributed by atoms with Gasteiger partial charge in [0.15, 0.2) is 6.10 Å². The minimum absolute atomic E-state index is 0.132. The molecule has 0 saturated carbocycles. The number of para-hydroxylation sites is 1. The van der Waals surface area contributed by atoms with Gasteiger partial charge < -0.3 is 10.1 Å². The Morgan fingerprint density at radius 2 is 2.04 bits per heavy atom. The number of nitrogens with one attached hydrogen (secondary N) is 1. The Kier molecular flexibility index (Phi) is 5.41. The van der Waals surface area contributed by atoms with Gasteiger partial charge in [-0.05, 0) is 47.7 Å². The molecular weight excluding hydrogens is 377 g/mol. The lowest BCUT2D eigenvalue weighted by Crippen LogP contribution is -2.30. The summed E-state index contributed by atoms with van der Waals surface area (Å²) in [5.41, 5.74) is 0.878. The van der Waals surface area contributed by atoms with Crippen LogP contribution in [0.4, 0.5) is 10.1 Å². The average molecular weight is 390 g/mol. The minimum Gasteiger partial charge on any atom is -0.449 e. The van der Waals surface area contributed by atoms with Gasteiger partial charge in [-0.1, -0.05) is 23.7 Å². The topological polar surface area (TPSA) is 99.0 Å². The number of benzene rings is 2. The molecular formula is C17H13ClFN5O3. The summed E-state index contributed by atoms with van der Waals surface area (Å²) in [4.78, 5) is 24.7. The van der Waals surface area contributed by atoms with Gasteiger partial charge in [0, 0.05) is 5.69 Å². The maximum atomic E-state index is 13.2. The lowest BCUT2D eigenvalue weighted by atomic mass is 10.2. The van der Waals surface area contributed by atoms with Crippen LogP contribution in [-0.2, 0) is 9.53 Å². The molecule has 1 aromatic heterocycles. The van der Waals surface area contributed by atoms with Gasteiger partial charge in [0.25, 0.3) is 5.91 Å². The van der Waals surface area contributed by atoms with Crippen molar-refractivity contribution in [1.82, 2.24) is 20.2 Å². The largest absolute Gasteiger partial charge is 0.449 e. The third-order valence-electron chi connectivity index (χ3n) is 3.56. The summed E-state index contributed by atoms with van der Waals surface area (Å²) in [7, 11) is 0. The first-order valence-corrected chi connectivity index (χ1v) is 8.13. The van der Waals surface area contributed by atoms with Crippen LogP contribution in [0.25, 0.3) is 5.69 Å². The van der Waals surface area contributed by atoms with Crippen molar-refractivity contribution in [2.45, 2.75) is 13.0 Å². The molecule has 1 heterocycles. The average Bonchev–Trinajstić information content (AvgIpc) is 3.19. The van der Waals surface area contributed by atoms with Crippen LogP contribution in [0.3, 0.4) is 0 Å². The van der Waals surface area contributed by atoms with Crippen molar-refractivity contribution >= 4 is 29.2 Å². The second kappa shape index (κ2) is 7.92. The number of rotatable bonds is 5. The molecule has 1 atom stereocenters. The molecule has 138 valence electrons. The fourth-order valence-electron chi connectivity index (χ4n) is 2.21. The summed E-state index contributed by atoms with van der Waals surface area (Å²) in [5, 5.41) is 13.2. The number of carbonyl (C=O) groups is 2. The number of esters is 1. The molecule has 0 aliphatic heterocycles. The molecule has 0 aliphatic rings. The number of hydrogen-bond donors (Lipinski definition) is 1. The molecule has 8 nitrogen and oxygen atoms in total. The lowest BCUT2D eigenvalue weighted by Gasteiger charge is -2.15. The van der Waals surface area contributed by atoms with E-state index in [0.29, 0.717) is 5.69 Å². The number of tetrazole rings is 1.